The molecule has 0 aliphatic carbocycles. The van der Waals surface area contributed by atoms with E-state index in [1.165, 1.54) is 0 Å². The van der Waals surface area contributed by atoms with Crippen LogP contribution in [0.15, 0.2) is 66.7 Å². The molecule has 5 heteroatoms. The second kappa shape index (κ2) is 7.09. The van der Waals surface area contributed by atoms with Gasteiger partial charge in [0.2, 0.25) is 0 Å². The van der Waals surface area contributed by atoms with Crippen molar-refractivity contribution in [2.75, 3.05) is 13.2 Å². The number of benzene rings is 3. The van der Waals surface area contributed by atoms with E-state index >= 15 is 0 Å². The standard InChI is InChI=1S/C24H21N3O2/c1-16-25-21-9-7-19(14-22(21)26-16)18-8-10-23-20(13-18)15-27(11-12-29-23)24(28)17-5-3-2-4-6-17/h2-10,13-14H,11-12,15H2,1H3,(H,25,26). The van der Waals surface area contributed by atoms with E-state index in [2.05, 4.69) is 34.2 Å². The predicted octanol–water partition coefficient (Wildman–Crippen LogP) is 4.57. The summed E-state index contributed by atoms with van der Waals surface area (Å²) in [5, 5.41) is 0. The van der Waals surface area contributed by atoms with Gasteiger partial charge in [-0.1, -0.05) is 30.3 Å². The zero-order valence-corrected chi connectivity index (χ0v) is 16.2. The zero-order chi connectivity index (χ0) is 19.8. The molecule has 0 fully saturated rings. The van der Waals surface area contributed by atoms with Gasteiger partial charge in [0.25, 0.3) is 5.91 Å². The largest absolute Gasteiger partial charge is 0.491 e. The number of hydrogen-bond acceptors (Lipinski definition) is 3. The van der Waals surface area contributed by atoms with Crippen molar-refractivity contribution in [2.24, 2.45) is 0 Å². The number of aryl methyl sites for hydroxylation is 1. The van der Waals surface area contributed by atoms with Crippen LogP contribution < -0.4 is 4.74 Å². The monoisotopic (exact) mass is 383 g/mol. The maximum absolute atomic E-state index is 12.9. The lowest BCUT2D eigenvalue weighted by Crippen LogP contribution is -2.32. The third-order valence-electron chi connectivity index (χ3n) is 5.28. The fraction of sp³-hybridized carbons (Fsp3) is 0.167. The molecule has 29 heavy (non-hydrogen) atoms. The van der Waals surface area contributed by atoms with Crippen LogP contribution in [0.2, 0.25) is 0 Å². The van der Waals surface area contributed by atoms with E-state index in [0.29, 0.717) is 25.3 Å². The van der Waals surface area contributed by atoms with Gasteiger partial charge in [-0.3, -0.25) is 4.79 Å². The Bertz CT molecular complexity index is 1200. The summed E-state index contributed by atoms with van der Waals surface area (Å²) in [7, 11) is 0. The predicted molar refractivity (Wildman–Crippen MR) is 113 cm³/mol. The average molecular weight is 383 g/mol. The lowest BCUT2D eigenvalue weighted by atomic mass is 10.0. The number of H-pyrrole nitrogens is 1. The third-order valence-corrected chi connectivity index (χ3v) is 5.28. The topological polar surface area (TPSA) is 58.2 Å². The minimum Gasteiger partial charge on any atom is -0.491 e. The van der Waals surface area contributed by atoms with E-state index in [9.17, 15) is 4.79 Å². The van der Waals surface area contributed by atoms with Crippen LogP contribution >= 0.6 is 0 Å². The van der Waals surface area contributed by atoms with Gasteiger partial charge in [-0.05, 0) is 54.4 Å². The number of nitrogens with one attached hydrogen (secondary N) is 1. The van der Waals surface area contributed by atoms with Gasteiger partial charge >= 0.3 is 0 Å². The first-order valence-corrected chi connectivity index (χ1v) is 9.74. The number of rotatable bonds is 2. The van der Waals surface area contributed by atoms with Crippen molar-refractivity contribution in [1.29, 1.82) is 0 Å². The van der Waals surface area contributed by atoms with Crippen LogP contribution in [0.1, 0.15) is 21.7 Å². The molecule has 1 aliphatic rings. The summed E-state index contributed by atoms with van der Waals surface area (Å²) in [6, 6.07) is 21.8. The van der Waals surface area contributed by atoms with E-state index in [1.807, 2.05) is 54.3 Å². The highest BCUT2D eigenvalue weighted by molar-refractivity contribution is 5.94. The number of carbonyl (C=O) groups excluding carboxylic acids is 1. The number of aromatic amines is 1. The lowest BCUT2D eigenvalue weighted by molar-refractivity contribution is 0.0733. The molecule has 0 bridgehead atoms. The SMILES string of the molecule is Cc1nc2ccc(-c3ccc4c(c3)CN(C(=O)c3ccccc3)CCO4)cc2[nH]1. The summed E-state index contributed by atoms with van der Waals surface area (Å²) in [6.45, 7) is 3.54. The molecular formula is C24H21N3O2. The quantitative estimate of drug-likeness (QED) is 0.551. The van der Waals surface area contributed by atoms with Crippen LogP contribution in [-0.4, -0.2) is 33.9 Å². The van der Waals surface area contributed by atoms with Gasteiger partial charge in [0.05, 0.1) is 17.6 Å². The Balaban J connectivity index is 1.48. The minimum absolute atomic E-state index is 0.0295. The van der Waals surface area contributed by atoms with Crippen LogP contribution in [0, 0.1) is 6.92 Å². The number of fused-ring (bicyclic) bond motifs is 2. The molecule has 0 saturated heterocycles. The summed E-state index contributed by atoms with van der Waals surface area (Å²) in [5.41, 5.74) is 5.90. The summed E-state index contributed by atoms with van der Waals surface area (Å²) in [4.78, 5) is 22.5. The van der Waals surface area contributed by atoms with Crippen molar-refractivity contribution in [2.45, 2.75) is 13.5 Å². The van der Waals surface area contributed by atoms with Crippen molar-refractivity contribution < 1.29 is 9.53 Å². The Morgan fingerprint density at radius 1 is 1.03 bits per heavy atom. The fourth-order valence-corrected chi connectivity index (χ4v) is 3.83. The molecule has 0 unspecified atom stereocenters. The maximum atomic E-state index is 12.9. The maximum Gasteiger partial charge on any atom is 0.254 e. The fourth-order valence-electron chi connectivity index (χ4n) is 3.83. The van der Waals surface area contributed by atoms with Crippen molar-refractivity contribution in [3.8, 4) is 16.9 Å². The smallest absolute Gasteiger partial charge is 0.254 e. The van der Waals surface area contributed by atoms with Gasteiger partial charge < -0.3 is 14.6 Å². The number of aromatic nitrogens is 2. The Labute approximate surface area is 169 Å². The van der Waals surface area contributed by atoms with Crippen LogP contribution in [0.3, 0.4) is 0 Å². The van der Waals surface area contributed by atoms with Crippen molar-refractivity contribution >= 4 is 16.9 Å². The van der Waals surface area contributed by atoms with Crippen LogP contribution in [-0.2, 0) is 6.54 Å². The highest BCUT2D eigenvalue weighted by Gasteiger charge is 2.21. The molecule has 3 aromatic carbocycles. The Morgan fingerprint density at radius 2 is 1.83 bits per heavy atom. The molecular weight excluding hydrogens is 362 g/mol. The summed E-state index contributed by atoms with van der Waals surface area (Å²) < 4.78 is 5.92. The van der Waals surface area contributed by atoms with Crippen molar-refractivity contribution in [3.05, 3.63) is 83.7 Å². The average Bonchev–Trinajstić information content (AvgIpc) is 2.99. The number of imidazole rings is 1. The van der Waals surface area contributed by atoms with Crippen LogP contribution in [0.5, 0.6) is 5.75 Å². The molecule has 5 rings (SSSR count). The molecule has 144 valence electrons. The van der Waals surface area contributed by atoms with Gasteiger partial charge in [-0.25, -0.2) is 4.98 Å². The van der Waals surface area contributed by atoms with Crippen LogP contribution in [0.4, 0.5) is 0 Å². The van der Waals surface area contributed by atoms with Gasteiger partial charge in [-0.15, -0.1) is 0 Å². The highest BCUT2D eigenvalue weighted by Crippen LogP contribution is 2.31. The van der Waals surface area contributed by atoms with Crippen molar-refractivity contribution in [3.63, 3.8) is 0 Å². The van der Waals surface area contributed by atoms with Crippen molar-refractivity contribution in [1.82, 2.24) is 14.9 Å². The Hall–Kier alpha value is -3.60. The molecule has 4 aromatic rings. The molecule has 0 radical (unpaired) electrons. The Morgan fingerprint density at radius 3 is 2.69 bits per heavy atom. The second-order valence-corrected chi connectivity index (χ2v) is 7.32. The first-order chi connectivity index (χ1) is 14.2. The zero-order valence-electron chi connectivity index (χ0n) is 16.2. The molecule has 0 spiro atoms. The van der Waals surface area contributed by atoms with Gasteiger partial charge in [0.1, 0.15) is 18.2 Å². The number of ether oxygens (including phenoxy) is 1. The summed E-state index contributed by atoms with van der Waals surface area (Å²) in [5.74, 6) is 1.78. The summed E-state index contributed by atoms with van der Waals surface area (Å²) in [6.07, 6.45) is 0. The first-order valence-electron chi connectivity index (χ1n) is 9.74. The van der Waals surface area contributed by atoms with E-state index in [0.717, 1.165) is 39.3 Å². The van der Waals surface area contributed by atoms with E-state index in [4.69, 9.17) is 4.74 Å². The van der Waals surface area contributed by atoms with Gasteiger partial charge in [-0.2, -0.15) is 0 Å². The number of hydrogen-bond donors (Lipinski definition) is 1. The highest BCUT2D eigenvalue weighted by atomic mass is 16.5. The van der Waals surface area contributed by atoms with E-state index in [-0.39, 0.29) is 5.91 Å². The molecule has 1 aromatic heterocycles. The second-order valence-electron chi connectivity index (χ2n) is 7.32. The Kier molecular flexibility index (Phi) is 4.28. The third kappa shape index (κ3) is 3.36. The summed E-state index contributed by atoms with van der Waals surface area (Å²) >= 11 is 0. The van der Waals surface area contributed by atoms with Crippen LogP contribution in [0.25, 0.3) is 22.2 Å². The molecule has 1 amide bonds. The molecule has 1 N–H and O–H groups in total. The number of amides is 1. The molecule has 5 nitrogen and oxygen atoms in total. The lowest BCUT2D eigenvalue weighted by Gasteiger charge is -2.20. The first kappa shape index (κ1) is 17.5. The van der Waals surface area contributed by atoms with Gasteiger partial charge in [0.15, 0.2) is 0 Å². The molecule has 1 aliphatic heterocycles. The normalized spacial score (nSPS) is 13.6. The molecule has 0 saturated carbocycles. The van der Waals surface area contributed by atoms with E-state index < -0.39 is 0 Å². The van der Waals surface area contributed by atoms with Gasteiger partial charge in [0, 0.05) is 17.7 Å². The molecule has 2 heterocycles. The van der Waals surface area contributed by atoms with E-state index in [1.54, 1.807) is 0 Å². The minimum atomic E-state index is 0.0295. The molecule has 0 atom stereocenters. The number of carbonyl (C=O) groups is 1. The number of nitrogens with zero attached hydrogens (tertiary/aromatic N) is 2.